The van der Waals surface area contributed by atoms with Crippen LogP contribution in [0.25, 0.3) is 0 Å². The predicted octanol–water partition coefficient (Wildman–Crippen LogP) is 2.26. The van der Waals surface area contributed by atoms with E-state index in [1.54, 1.807) is 6.20 Å². The Labute approximate surface area is 114 Å². The molecule has 0 bridgehead atoms. The smallest absolute Gasteiger partial charge is 0.224 e. The molecule has 0 saturated heterocycles. The molecule has 3 atom stereocenters. The molecule has 1 heterocycles. The maximum absolute atomic E-state index is 9.91. The second-order valence-electron chi connectivity index (χ2n) is 5.76. The summed E-state index contributed by atoms with van der Waals surface area (Å²) in [5.74, 6) is 1.87. The van der Waals surface area contributed by atoms with Crippen molar-refractivity contribution in [3.8, 4) is 0 Å². The van der Waals surface area contributed by atoms with Crippen LogP contribution in [-0.2, 0) is 0 Å². The lowest BCUT2D eigenvalue weighted by molar-refractivity contribution is 0.0739. The summed E-state index contributed by atoms with van der Waals surface area (Å²) in [4.78, 5) is 8.62. The second kappa shape index (κ2) is 6.19. The molecule has 1 aromatic heterocycles. The van der Waals surface area contributed by atoms with Gasteiger partial charge in [0, 0.05) is 18.3 Å². The Morgan fingerprint density at radius 2 is 2.16 bits per heavy atom. The van der Waals surface area contributed by atoms with Crippen LogP contribution in [0.3, 0.4) is 0 Å². The van der Waals surface area contributed by atoms with E-state index in [1.165, 1.54) is 0 Å². The van der Waals surface area contributed by atoms with E-state index in [9.17, 15) is 5.11 Å². The van der Waals surface area contributed by atoms with E-state index < -0.39 is 0 Å². The minimum atomic E-state index is -0.207. The molecule has 1 fully saturated rings. The fourth-order valence-electron chi connectivity index (χ4n) is 2.41. The van der Waals surface area contributed by atoms with Gasteiger partial charge in [-0.3, -0.25) is 0 Å². The highest BCUT2D eigenvalue weighted by Gasteiger charge is 2.26. The Kier molecular flexibility index (Phi) is 4.58. The maximum Gasteiger partial charge on any atom is 0.224 e. The van der Waals surface area contributed by atoms with Gasteiger partial charge in [-0.2, -0.15) is 4.98 Å². The molecule has 0 spiro atoms. The van der Waals surface area contributed by atoms with E-state index in [2.05, 4.69) is 41.4 Å². The molecule has 0 aromatic carbocycles. The SMILES string of the molecule is CC(C)Nc1nccc(N[C@@H]2CC[C@@H](C)[C@H](O)C2)n1. The number of aliphatic hydroxyl groups excluding tert-OH is 1. The Morgan fingerprint density at radius 3 is 2.84 bits per heavy atom. The van der Waals surface area contributed by atoms with Crippen molar-refractivity contribution in [2.24, 2.45) is 5.92 Å². The van der Waals surface area contributed by atoms with Gasteiger partial charge in [0.1, 0.15) is 5.82 Å². The first-order valence-electron chi connectivity index (χ1n) is 7.08. The molecular weight excluding hydrogens is 240 g/mol. The van der Waals surface area contributed by atoms with Crippen LogP contribution >= 0.6 is 0 Å². The van der Waals surface area contributed by atoms with E-state index in [-0.39, 0.29) is 6.10 Å². The van der Waals surface area contributed by atoms with Gasteiger partial charge in [0.05, 0.1) is 6.10 Å². The molecule has 0 unspecified atom stereocenters. The summed E-state index contributed by atoms with van der Waals surface area (Å²) in [5, 5.41) is 16.5. The van der Waals surface area contributed by atoms with E-state index in [0.717, 1.165) is 25.1 Å². The third kappa shape index (κ3) is 4.06. The molecule has 106 valence electrons. The number of nitrogens with one attached hydrogen (secondary N) is 2. The van der Waals surface area contributed by atoms with Gasteiger partial charge < -0.3 is 15.7 Å². The Morgan fingerprint density at radius 1 is 1.37 bits per heavy atom. The molecule has 1 aromatic rings. The zero-order valence-corrected chi connectivity index (χ0v) is 11.9. The minimum absolute atomic E-state index is 0.207. The van der Waals surface area contributed by atoms with Gasteiger partial charge in [0.25, 0.3) is 0 Å². The number of aliphatic hydroxyl groups is 1. The lowest BCUT2D eigenvalue weighted by Gasteiger charge is -2.31. The molecule has 3 N–H and O–H groups in total. The largest absolute Gasteiger partial charge is 0.393 e. The highest BCUT2D eigenvalue weighted by atomic mass is 16.3. The van der Waals surface area contributed by atoms with Gasteiger partial charge in [-0.25, -0.2) is 4.98 Å². The molecule has 2 rings (SSSR count). The number of anilines is 2. The molecular formula is C14H24N4O. The fourth-order valence-corrected chi connectivity index (χ4v) is 2.41. The quantitative estimate of drug-likeness (QED) is 0.778. The Bertz CT molecular complexity index is 410. The van der Waals surface area contributed by atoms with Crippen molar-refractivity contribution in [2.75, 3.05) is 10.6 Å². The number of aromatic nitrogens is 2. The zero-order valence-electron chi connectivity index (χ0n) is 11.9. The first kappa shape index (κ1) is 14.1. The number of nitrogens with zero attached hydrogens (tertiary/aromatic N) is 2. The highest BCUT2D eigenvalue weighted by Crippen LogP contribution is 2.26. The lowest BCUT2D eigenvalue weighted by Crippen LogP contribution is -2.35. The van der Waals surface area contributed by atoms with Gasteiger partial charge in [0.15, 0.2) is 0 Å². The normalized spacial score (nSPS) is 27.3. The van der Waals surface area contributed by atoms with E-state index in [0.29, 0.717) is 23.9 Å². The van der Waals surface area contributed by atoms with Crippen molar-refractivity contribution in [2.45, 2.75) is 58.2 Å². The monoisotopic (exact) mass is 264 g/mol. The van der Waals surface area contributed by atoms with Crippen molar-refractivity contribution in [3.05, 3.63) is 12.3 Å². The van der Waals surface area contributed by atoms with Crippen LogP contribution in [0.2, 0.25) is 0 Å². The summed E-state index contributed by atoms with van der Waals surface area (Å²) in [5.41, 5.74) is 0. The van der Waals surface area contributed by atoms with Gasteiger partial charge >= 0.3 is 0 Å². The highest BCUT2D eigenvalue weighted by molar-refractivity contribution is 5.40. The van der Waals surface area contributed by atoms with Gasteiger partial charge in [-0.05, 0) is 45.1 Å². The summed E-state index contributed by atoms with van der Waals surface area (Å²) in [7, 11) is 0. The summed E-state index contributed by atoms with van der Waals surface area (Å²) >= 11 is 0. The summed E-state index contributed by atoms with van der Waals surface area (Å²) in [6.07, 6.45) is 4.47. The van der Waals surface area contributed by atoms with E-state index in [1.807, 2.05) is 6.07 Å². The number of hydrogen-bond donors (Lipinski definition) is 3. The van der Waals surface area contributed by atoms with Crippen LogP contribution in [0.4, 0.5) is 11.8 Å². The molecule has 5 heteroatoms. The molecule has 1 aliphatic carbocycles. The van der Waals surface area contributed by atoms with Crippen molar-refractivity contribution in [3.63, 3.8) is 0 Å². The molecule has 1 saturated carbocycles. The van der Waals surface area contributed by atoms with Crippen LogP contribution in [0, 0.1) is 5.92 Å². The summed E-state index contributed by atoms with van der Waals surface area (Å²) < 4.78 is 0. The van der Waals surface area contributed by atoms with Gasteiger partial charge in [0.2, 0.25) is 5.95 Å². The number of hydrogen-bond acceptors (Lipinski definition) is 5. The van der Waals surface area contributed by atoms with Crippen molar-refractivity contribution in [1.82, 2.24) is 9.97 Å². The standard InChI is InChI=1S/C14H24N4O/c1-9(2)16-14-15-7-6-13(18-14)17-11-5-4-10(3)12(19)8-11/h6-7,9-12,19H,4-5,8H2,1-3H3,(H2,15,16,17,18)/t10-,11-,12-/m1/s1. The molecule has 5 nitrogen and oxygen atoms in total. The average molecular weight is 264 g/mol. The Balaban J connectivity index is 1.95. The molecule has 0 amide bonds. The topological polar surface area (TPSA) is 70.1 Å². The van der Waals surface area contributed by atoms with E-state index >= 15 is 0 Å². The van der Waals surface area contributed by atoms with Crippen LogP contribution in [0.15, 0.2) is 12.3 Å². The van der Waals surface area contributed by atoms with Gasteiger partial charge in [-0.1, -0.05) is 6.92 Å². The first-order valence-corrected chi connectivity index (χ1v) is 7.08. The zero-order chi connectivity index (χ0) is 13.8. The van der Waals surface area contributed by atoms with Crippen molar-refractivity contribution in [1.29, 1.82) is 0 Å². The second-order valence-corrected chi connectivity index (χ2v) is 5.76. The van der Waals surface area contributed by atoms with Gasteiger partial charge in [-0.15, -0.1) is 0 Å². The molecule has 19 heavy (non-hydrogen) atoms. The summed E-state index contributed by atoms with van der Waals surface area (Å²) in [6, 6.07) is 2.48. The van der Waals surface area contributed by atoms with Crippen LogP contribution < -0.4 is 10.6 Å². The van der Waals surface area contributed by atoms with Crippen molar-refractivity contribution < 1.29 is 5.11 Å². The first-order chi connectivity index (χ1) is 9.04. The van der Waals surface area contributed by atoms with Crippen LogP contribution in [0.1, 0.15) is 40.0 Å². The molecule has 1 aliphatic rings. The Hall–Kier alpha value is -1.36. The number of rotatable bonds is 4. The van der Waals surface area contributed by atoms with Crippen molar-refractivity contribution >= 4 is 11.8 Å². The van der Waals surface area contributed by atoms with Crippen LogP contribution in [-0.4, -0.2) is 33.3 Å². The van der Waals surface area contributed by atoms with Crippen LogP contribution in [0.5, 0.6) is 0 Å². The lowest BCUT2D eigenvalue weighted by atomic mass is 9.85. The average Bonchev–Trinajstić information content (AvgIpc) is 2.33. The summed E-state index contributed by atoms with van der Waals surface area (Å²) in [6.45, 7) is 6.22. The minimum Gasteiger partial charge on any atom is -0.393 e. The third-order valence-corrected chi connectivity index (χ3v) is 3.58. The third-order valence-electron chi connectivity index (χ3n) is 3.58. The molecule has 0 radical (unpaired) electrons. The maximum atomic E-state index is 9.91. The van der Waals surface area contributed by atoms with E-state index in [4.69, 9.17) is 0 Å². The fraction of sp³-hybridized carbons (Fsp3) is 0.714. The molecule has 0 aliphatic heterocycles. The predicted molar refractivity (Wildman–Crippen MR) is 77.2 cm³/mol.